The first-order chi connectivity index (χ1) is 13.2. The van der Waals surface area contributed by atoms with E-state index in [2.05, 4.69) is 25.8 Å². The van der Waals surface area contributed by atoms with Gasteiger partial charge in [-0.1, -0.05) is 30.3 Å². The fraction of sp³-hybridized carbons (Fsp3) is 0.158. The fourth-order valence-electron chi connectivity index (χ4n) is 2.47. The van der Waals surface area contributed by atoms with Gasteiger partial charge in [0.05, 0.1) is 24.6 Å². The van der Waals surface area contributed by atoms with E-state index < -0.39 is 5.97 Å². The molecule has 0 saturated carbocycles. The molecule has 0 aliphatic heterocycles. The third kappa shape index (κ3) is 4.75. The third-order valence-corrected chi connectivity index (χ3v) is 3.79. The van der Waals surface area contributed by atoms with E-state index in [1.165, 1.54) is 19.4 Å². The molecule has 2 N–H and O–H groups in total. The van der Waals surface area contributed by atoms with Crippen molar-refractivity contribution in [1.82, 2.24) is 15.2 Å². The first-order valence-electron chi connectivity index (χ1n) is 8.28. The Morgan fingerprint density at radius 1 is 1.15 bits per heavy atom. The minimum Gasteiger partial charge on any atom is -0.465 e. The molecule has 0 radical (unpaired) electrons. The number of aromatic nitrogens is 3. The minimum absolute atomic E-state index is 0.242. The van der Waals surface area contributed by atoms with Crippen molar-refractivity contribution >= 4 is 23.4 Å². The summed E-state index contributed by atoms with van der Waals surface area (Å²) in [4.78, 5) is 16.1. The quantitative estimate of drug-likeness (QED) is 0.620. The Morgan fingerprint density at radius 3 is 2.74 bits per heavy atom. The highest BCUT2D eigenvalue weighted by Gasteiger charge is 2.12. The van der Waals surface area contributed by atoms with Crippen LogP contribution in [0, 0.1) is 5.82 Å². The molecule has 0 aliphatic carbocycles. The highest BCUT2D eigenvalue weighted by atomic mass is 19.1. The maximum atomic E-state index is 13.6. The second-order valence-electron chi connectivity index (χ2n) is 5.60. The molecule has 2 aromatic carbocycles. The Hall–Kier alpha value is -3.55. The number of hydrogen-bond acceptors (Lipinski definition) is 7. The Labute approximate surface area is 155 Å². The Kier molecular flexibility index (Phi) is 5.88. The number of methoxy groups -OCH3 is 1. The van der Waals surface area contributed by atoms with Crippen LogP contribution in [0.3, 0.4) is 0 Å². The van der Waals surface area contributed by atoms with Crippen molar-refractivity contribution in [2.24, 2.45) is 0 Å². The Balaban J connectivity index is 1.66. The first-order valence-corrected chi connectivity index (χ1v) is 8.28. The molecule has 1 aromatic heterocycles. The van der Waals surface area contributed by atoms with E-state index >= 15 is 0 Å². The largest absolute Gasteiger partial charge is 0.465 e. The molecule has 138 valence electrons. The summed E-state index contributed by atoms with van der Waals surface area (Å²) in [5.41, 5.74) is 1.54. The van der Waals surface area contributed by atoms with Gasteiger partial charge in [0.25, 0.3) is 0 Å². The van der Waals surface area contributed by atoms with Crippen LogP contribution in [0.1, 0.15) is 15.9 Å². The molecule has 0 spiro atoms. The summed E-state index contributed by atoms with van der Waals surface area (Å²) in [6.07, 6.45) is 1.93. The topological polar surface area (TPSA) is 89.0 Å². The monoisotopic (exact) mass is 367 g/mol. The minimum atomic E-state index is -0.455. The summed E-state index contributed by atoms with van der Waals surface area (Å²) in [6, 6.07) is 13.5. The molecule has 8 heteroatoms. The molecular weight excluding hydrogens is 349 g/mol. The van der Waals surface area contributed by atoms with Crippen LogP contribution in [0.5, 0.6) is 0 Å². The predicted octanol–water partition coefficient (Wildman–Crippen LogP) is 3.20. The summed E-state index contributed by atoms with van der Waals surface area (Å²) in [6.45, 7) is 0.449. The van der Waals surface area contributed by atoms with Gasteiger partial charge in [0, 0.05) is 6.54 Å². The standard InChI is InChI=1S/C19H18FN5O2/c1-27-18(26)14-7-3-5-9-16(14)23-17-12-22-25-19(24-17)21-11-10-13-6-2-4-8-15(13)20/h2-9,12H,10-11H2,1H3,(H2,21,23,24,25). The lowest BCUT2D eigenvalue weighted by atomic mass is 10.1. The molecule has 0 aliphatic rings. The number of ether oxygens (including phenoxy) is 1. The number of halogens is 1. The molecule has 0 saturated heterocycles. The van der Waals surface area contributed by atoms with Gasteiger partial charge in [0.1, 0.15) is 5.82 Å². The van der Waals surface area contributed by atoms with Crippen LogP contribution in [0.15, 0.2) is 54.7 Å². The van der Waals surface area contributed by atoms with Crippen LogP contribution in [0.25, 0.3) is 0 Å². The molecule has 0 fully saturated rings. The lowest BCUT2D eigenvalue weighted by Crippen LogP contribution is -2.11. The van der Waals surface area contributed by atoms with E-state index in [0.717, 1.165) is 0 Å². The maximum absolute atomic E-state index is 13.6. The molecule has 1 heterocycles. The highest BCUT2D eigenvalue weighted by molar-refractivity contribution is 5.96. The van der Waals surface area contributed by atoms with Gasteiger partial charge in [-0.15, -0.1) is 5.10 Å². The summed E-state index contributed by atoms with van der Waals surface area (Å²) >= 11 is 0. The number of nitrogens with zero attached hydrogens (tertiary/aromatic N) is 3. The number of para-hydroxylation sites is 1. The van der Waals surface area contributed by atoms with Gasteiger partial charge in [-0.05, 0) is 30.2 Å². The van der Waals surface area contributed by atoms with Crippen molar-refractivity contribution in [1.29, 1.82) is 0 Å². The van der Waals surface area contributed by atoms with Gasteiger partial charge in [-0.2, -0.15) is 10.1 Å². The van der Waals surface area contributed by atoms with E-state index in [1.54, 1.807) is 42.5 Å². The number of carbonyl (C=O) groups excluding carboxylic acids is 1. The fourth-order valence-corrected chi connectivity index (χ4v) is 2.47. The van der Waals surface area contributed by atoms with Crippen molar-refractivity contribution in [3.8, 4) is 0 Å². The predicted molar refractivity (Wildman–Crippen MR) is 99.5 cm³/mol. The second-order valence-corrected chi connectivity index (χ2v) is 5.60. The SMILES string of the molecule is COC(=O)c1ccccc1Nc1cnnc(NCCc2ccccc2F)n1. The molecule has 7 nitrogen and oxygen atoms in total. The normalized spacial score (nSPS) is 10.3. The summed E-state index contributed by atoms with van der Waals surface area (Å²) in [5, 5.41) is 13.8. The van der Waals surface area contributed by atoms with Gasteiger partial charge < -0.3 is 15.4 Å². The van der Waals surface area contributed by atoms with E-state index in [4.69, 9.17) is 4.74 Å². The number of rotatable bonds is 7. The van der Waals surface area contributed by atoms with Gasteiger partial charge in [-0.3, -0.25) is 0 Å². The lowest BCUT2D eigenvalue weighted by Gasteiger charge is -2.10. The first kappa shape index (κ1) is 18.2. The summed E-state index contributed by atoms with van der Waals surface area (Å²) in [7, 11) is 1.32. The maximum Gasteiger partial charge on any atom is 0.339 e. The van der Waals surface area contributed by atoms with E-state index in [-0.39, 0.29) is 5.82 Å². The van der Waals surface area contributed by atoms with Crippen LogP contribution in [-0.4, -0.2) is 34.8 Å². The summed E-state index contributed by atoms with van der Waals surface area (Å²) in [5.74, 6) is 0.0122. The van der Waals surface area contributed by atoms with Crippen molar-refractivity contribution in [2.75, 3.05) is 24.3 Å². The number of anilines is 3. The van der Waals surface area contributed by atoms with Gasteiger partial charge in [0.2, 0.25) is 5.95 Å². The number of carbonyl (C=O) groups is 1. The van der Waals surface area contributed by atoms with Crippen LogP contribution >= 0.6 is 0 Å². The molecule has 0 unspecified atom stereocenters. The Bertz CT molecular complexity index is 935. The number of hydrogen-bond donors (Lipinski definition) is 2. The molecule has 0 atom stereocenters. The van der Waals surface area contributed by atoms with E-state index in [0.29, 0.717) is 41.5 Å². The van der Waals surface area contributed by atoms with Crippen LogP contribution in [-0.2, 0) is 11.2 Å². The van der Waals surface area contributed by atoms with E-state index in [9.17, 15) is 9.18 Å². The van der Waals surface area contributed by atoms with Crippen molar-refractivity contribution < 1.29 is 13.9 Å². The molecule has 3 aromatic rings. The van der Waals surface area contributed by atoms with Crippen LogP contribution in [0.4, 0.5) is 21.8 Å². The third-order valence-electron chi connectivity index (χ3n) is 3.79. The number of esters is 1. The van der Waals surface area contributed by atoms with Crippen molar-refractivity contribution in [3.05, 3.63) is 71.7 Å². The zero-order valence-electron chi connectivity index (χ0n) is 14.6. The molecule has 0 bridgehead atoms. The second kappa shape index (κ2) is 8.70. The van der Waals surface area contributed by atoms with Crippen molar-refractivity contribution in [3.63, 3.8) is 0 Å². The number of nitrogens with one attached hydrogen (secondary N) is 2. The highest BCUT2D eigenvalue weighted by Crippen LogP contribution is 2.20. The average Bonchev–Trinajstić information content (AvgIpc) is 2.70. The average molecular weight is 367 g/mol. The number of benzene rings is 2. The lowest BCUT2D eigenvalue weighted by molar-refractivity contribution is 0.0602. The molecule has 3 rings (SSSR count). The van der Waals surface area contributed by atoms with Gasteiger partial charge in [-0.25, -0.2) is 9.18 Å². The molecular formula is C19H18FN5O2. The smallest absolute Gasteiger partial charge is 0.339 e. The van der Waals surface area contributed by atoms with E-state index in [1.807, 2.05) is 0 Å². The van der Waals surface area contributed by atoms with Crippen LogP contribution < -0.4 is 10.6 Å². The zero-order valence-corrected chi connectivity index (χ0v) is 14.6. The zero-order chi connectivity index (χ0) is 19.1. The van der Waals surface area contributed by atoms with Crippen LogP contribution in [0.2, 0.25) is 0 Å². The van der Waals surface area contributed by atoms with Crippen molar-refractivity contribution in [2.45, 2.75) is 6.42 Å². The molecule has 0 amide bonds. The molecule has 27 heavy (non-hydrogen) atoms. The summed E-state index contributed by atoms with van der Waals surface area (Å²) < 4.78 is 18.4. The Morgan fingerprint density at radius 2 is 1.93 bits per heavy atom. The van der Waals surface area contributed by atoms with Gasteiger partial charge >= 0.3 is 5.97 Å². The van der Waals surface area contributed by atoms with Gasteiger partial charge in [0.15, 0.2) is 5.82 Å².